The van der Waals surface area contributed by atoms with E-state index in [0.29, 0.717) is 43.1 Å². The molecular formula is C25H23N3O4S2. The second-order valence-corrected chi connectivity index (χ2v) is 11.0. The maximum Gasteiger partial charge on any atom is 0.255 e. The van der Waals surface area contributed by atoms with Gasteiger partial charge in [-0.25, -0.2) is 13.4 Å². The highest BCUT2D eigenvalue weighted by Crippen LogP contribution is 2.31. The summed E-state index contributed by atoms with van der Waals surface area (Å²) in [7, 11) is -3.70. The molecule has 0 atom stereocenters. The Hall–Kier alpha value is -3.11. The summed E-state index contributed by atoms with van der Waals surface area (Å²) < 4.78 is 33.8. The van der Waals surface area contributed by atoms with Crippen LogP contribution in [-0.2, 0) is 14.8 Å². The highest BCUT2D eigenvalue weighted by molar-refractivity contribution is 7.89. The normalized spacial score (nSPS) is 14.9. The molecule has 1 N–H and O–H groups in total. The van der Waals surface area contributed by atoms with Gasteiger partial charge in [-0.2, -0.15) is 4.31 Å². The van der Waals surface area contributed by atoms with E-state index in [1.165, 1.54) is 10.4 Å². The van der Waals surface area contributed by atoms with Crippen molar-refractivity contribution in [1.82, 2.24) is 9.29 Å². The number of aryl methyl sites for hydroxylation is 1. The highest BCUT2D eigenvalue weighted by atomic mass is 32.2. The number of carbonyl (C=O) groups is 1. The van der Waals surface area contributed by atoms with Crippen molar-refractivity contribution in [2.75, 3.05) is 31.6 Å². The number of morpholine rings is 1. The molecule has 0 spiro atoms. The minimum absolute atomic E-state index is 0.105. The van der Waals surface area contributed by atoms with Gasteiger partial charge in [0.1, 0.15) is 5.01 Å². The molecule has 7 nitrogen and oxygen atoms in total. The molecule has 1 aliphatic heterocycles. The minimum Gasteiger partial charge on any atom is -0.379 e. The number of ether oxygens (including phenoxy) is 1. The quantitative estimate of drug-likeness (QED) is 0.441. The molecular weight excluding hydrogens is 470 g/mol. The maximum atomic E-state index is 13.1. The molecule has 1 aromatic heterocycles. The smallest absolute Gasteiger partial charge is 0.255 e. The van der Waals surface area contributed by atoms with Crippen LogP contribution in [0, 0.1) is 6.92 Å². The third-order valence-corrected chi connectivity index (χ3v) is 8.70. The molecule has 9 heteroatoms. The van der Waals surface area contributed by atoms with Gasteiger partial charge in [-0.15, -0.1) is 11.3 Å². The number of anilines is 1. The molecule has 1 fully saturated rings. The lowest BCUT2D eigenvalue weighted by Gasteiger charge is -2.26. The number of hydrogen-bond donors (Lipinski definition) is 1. The van der Waals surface area contributed by atoms with Crippen LogP contribution in [0.3, 0.4) is 0 Å². The molecule has 5 rings (SSSR count). The summed E-state index contributed by atoms with van der Waals surface area (Å²) in [6, 6.07) is 20.1. The third kappa shape index (κ3) is 4.47. The fourth-order valence-electron chi connectivity index (χ4n) is 3.87. The summed E-state index contributed by atoms with van der Waals surface area (Å²) in [6.07, 6.45) is 0. The summed E-state index contributed by atoms with van der Waals surface area (Å²) >= 11 is 1.59. The Balaban J connectivity index is 1.40. The number of aromatic nitrogens is 1. The van der Waals surface area contributed by atoms with Gasteiger partial charge < -0.3 is 10.1 Å². The zero-order chi connectivity index (χ0) is 23.7. The van der Waals surface area contributed by atoms with Crippen LogP contribution in [0.2, 0.25) is 0 Å². The van der Waals surface area contributed by atoms with E-state index < -0.39 is 10.0 Å². The first kappa shape index (κ1) is 22.7. The molecule has 1 saturated heterocycles. The minimum atomic E-state index is -3.70. The number of nitrogens with one attached hydrogen (secondary N) is 1. The standard InChI is InChI=1S/C25H23N3O4S2/c1-17-9-10-20(34(30,31)28-11-13-32-14-12-28)16-21(17)24(29)26-19-6-4-5-18(15-19)25-27-22-7-2-3-8-23(22)33-25/h2-10,15-16H,11-14H2,1H3,(H,26,29). The molecule has 174 valence electrons. The van der Waals surface area contributed by atoms with Crippen molar-refractivity contribution in [2.24, 2.45) is 0 Å². The summed E-state index contributed by atoms with van der Waals surface area (Å²) in [5.74, 6) is -0.363. The van der Waals surface area contributed by atoms with E-state index in [1.54, 1.807) is 36.5 Å². The molecule has 1 aliphatic rings. The van der Waals surface area contributed by atoms with Gasteiger partial charge in [0.25, 0.3) is 5.91 Å². The van der Waals surface area contributed by atoms with Gasteiger partial charge in [0, 0.05) is 29.9 Å². The van der Waals surface area contributed by atoms with Gasteiger partial charge in [-0.1, -0.05) is 30.3 Å². The number of thiazole rings is 1. The van der Waals surface area contributed by atoms with Gasteiger partial charge in [0.05, 0.1) is 28.3 Å². The number of benzene rings is 3. The zero-order valence-corrected chi connectivity index (χ0v) is 20.2. The van der Waals surface area contributed by atoms with Crippen LogP contribution < -0.4 is 5.32 Å². The van der Waals surface area contributed by atoms with E-state index in [4.69, 9.17) is 4.74 Å². The second-order valence-electron chi connectivity index (χ2n) is 8.01. The number of hydrogen-bond acceptors (Lipinski definition) is 6. The predicted octanol–water partition coefficient (Wildman–Crippen LogP) is 4.54. The Kier molecular flexibility index (Phi) is 6.18. The van der Waals surface area contributed by atoms with Crippen molar-refractivity contribution in [1.29, 1.82) is 0 Å². The van der Waals surface area contributed by atoms with E-state index in [2.05, 4.69) is 10.3 Å². The highest BCUT2D eigenvalue weighted by Gasteiger charge is 2.27. The largest absolute Gasteiger partial charge is 0.379 e. The monoisotopic (exact) mass is 493 g/mol. The summed E-state index contributed by atoms with van der Waals surface area (Å²) in [4.78, 5) is 17.9. The maximum absolute atomic E-state index is 13.1. The van der Waals surface area contributed by atoms with Gasteiger partial charge in [-0.05, 0) is 48.9 Å². The van der Waals surface area contributed by atoms with Crippen molar-refractivity contribution >= 4 is 43.2 Å². The Labute approximate surface area is 202 Å². The van der Waals surface area contributed by atoms with Crippen molar-refractivity contribution in [2.45, 2.75) is 11.8 Å². The van der Waals surface area contributed by atoms with E-state index >= 15 is 0 Å². The number of nitrogens with zero attached hydrogens (tertiary/aromatic N) is 2. The molecule has 0 bridgehead atoms. The lowest BCUT2D eigenvalue weighted by molar-refractivity contribution is 0.0730. The number of amides is 1. The molecule has 0 radical (unpaired) electrons. The molecule has 0 aliphatic carbocycles. The molecule has 3 aromatic carbocycles. The lowest BCUT2D eigenvalue weighted by Crippen LogP contribution is -2.40. The first-order valence-corrected chi connectivity index (χ1v) is 13.1. The lowest BCUT2D eigenvalue weighted by atomic mass is 10.1. The molecule has 4 aromatic rings. The van der Waals surface area contributed by atoms with Crippen LogP contribution >= 0.6 is 11.3 Å². The van der Waals surface area contributed by atoms with Crippen molar-refractivity contribution < 1.29 is 17.9 Å². The number of sulfonamides is 1. The van der Waals surface area contributed by atoms with Crippen LogP contribution in [0.5, 0.6) is 0 Å². The van der Waals surface area contributed by atoms with Crippen molar-refractivity contribution in [3.8, 4) is 10.6 Å². The molecule has 2 heterocycles. The first-order chi connectivity index (χ1) is 16.4. The van der Waals surface area contributed by atoms with Gasteiger partial charge in [-0.3, -0.25) is 4.79 Å². The molecule has 0 unspecified atom stereocenters. The Morgan fingerprint density at radius 1 is 1.03 bits per heavy atom. The predicted molar refractivity (Wildman–Crippen MR) is 134 cm³/mol. The van der Waals surface area contributed by atoms with E-state index in [9.17, 15) is 13.2 Å². The molecule has 34 heavy (non-hydrogen) atoms. The van der Waals surface area contributed by atoms with Crippen LogP contribution in [0.4, 0.5) is 5.69 Å². The van der Waals surface area contributed by atoms with E-state index in [1.807, 2.05) is 42.5 Å². The number of fused-ring (bicyclic) bond motifs is 1. The van der Waals surface area contributed by atoms with Crippen molar-refractivity contribution in [3.05, 3.63) is 77.9 Å². The summed E-state index contributed by atoms with van der Waals surface area (Å²) in [5.41, 5.74) is 3.47. The van der Waals surface area contributed by atoms with Gasteiger partial charge >= 0.3 is 0 Å². The Morgan fingerprint density at radius 3 is 2.62 bits per heavy atom. The first-order valence-electron chi connectivity index (χ1n) is 10.9. The van der Waals surface area contributed by atoms with Gasteiger partial charge in [0.15, 0.2) is 0 Å². The fourth-order valence-corrected chi connectivity index (χ4v) is 6.26. The van der Waals surface area contributed by atoms with E-state index in [0.717, 1.165) is 20.8 Å². The van der Waals surface area contributed by atoms with Crippen LogP contribution in [0.15, 0.2) is 71.6 Å². The SMILES string of the molecule is Cc1ccc(S(=O)(=O)N2CCOCC2)cc1C(=O)Nc1cccc(-c2nc3ccccc3s2)c1. The number of para-hydroxylation sites is 1. The topological polar surface area (TPSA) is 88.6 Å². The van der Waals surface area contributed by atoms with Crippen LogP contribution in [-0.4, -0.2) is 49.9 Å². The summed E-state index contributed by atoms with van der Waals surface area (Å²) in [6.45, 7) is 3.12. The van der Waals surface area contributed by atoms with Gasteiger partial charge in [0.2, 0.25) is 10.0 Å². The third-order valence-electron chi connectivity index (χ3n) is 5.72. The molecule has 1 amide bonds. The zero-order valence-electron chi connectivity index (χ0n) is 18.5. The van der Waals surface area contributed by atoms with Crippen molar-refractivity contribution in [3.63, 3.8) is 0 Å². The number of carbonyl (C=O) groups excluding carboxylic acids is 1. The average molecular weight is 494 g/mol. The summed E-state index contributed by atoms with van der Waals surface area (Å²) in [5, 5.41) is 3.78. The van der Waals surface area contributed by atoms with Crippen LogP contribution in [0.1, 0.15) is 15.9 Å². The fraction of sp³-hybridized carbons (Fsp3) is 0.200. The van der Waals surface area contributed by atoms with Crippen LogP contribution in [0.25, 0.3) is 20.8 Å². The van der Waals surface area contributed by atoms with E-state index in [-0.39, 0.29) is 10.8 Å². The molecule has 0 saturated carbocycles. The average Bonchev–Trinajstić information content (AvgIpc) is 3.29. The number of rotatable bonds is 5. The Morgan fingerprint density at radius 2 is 1.82 bits per heavy atom. The second kappa shape index (κ2) is 9.27. The Bertz CT molecular complexity index is 1440.